The van der Waals surface area contributed by atoms with Gasteiger partial charge < -0.3 is 0 Å². The summed E-state index contributed by atoms with van der Waals surface area (Å²) >= 11 is 2.77. The van der Waals surface area contributed by atoms with Gasteiger partial charge in [-0.2, -0.15) is 8.75 Å². The Morgan fingerprint density at radius 1 is 1.50 bits per heavy atom. The molecule has 0 aromatic carbocycles. The van der Waals surface area contributed by atoms with Crippen molar-refractivity contribution in [2.24, 2.45) is 0 Å². The van der Waals surface area contributed by atoms with E-state index < -0.39 is 0 Å². The van der Waals surface area contributed by atoms with Crippen LogP contribution in [0.3, 0.4) is 0 Å². The normalized spacial score (nSPS) is 10.0. The molecule has 0 atom stereocenters. The fraction of sp³-hybridized carbons (Fsp3) is 0. The summed E-state index contributed by atoms with van der Waals surface area (Å²) in [6.45, 7) is 0. The van der Waals surface area contributed by atoms with Crippen molar-refractivity contribution in [1.29, 1.82) is 0 Å². The quantitative estimate of drug-likeness (QED) is 0.649. The van der Waals surface area contributed by atoms with E-state index in [1.54, 1.807) is 6.20 Å². The summed E-state index contributed by atoms with van der Waals surface area (Å²) in [5.41, 5.74) is 1.96. The summed E-state index contributed by atoms with van der Waals surface area (Å²) in [5.74, 6) is 0. The van der Waals surface area contributed by atoms with E-state index in [2.05, 4.69) is 14.1 Å². The van der Waals surface area contributed by atoms with Gasteiger partial charge in [0.05, 0.1) is 17.3 Å². The molecule has 0 saturated carbocycles. The molecule has 0 saturated heterocycles. The Labute approximate surface area is 66.5 Å². The smallest absolute Gasteiger partial charge is 0.0871 e. The third-order valence-electron chi connectivity index (χ3n) is 1.10. The highest BCUT2D eigenvalue weighted by atomic mass is 32.1. The second kappa shape index (κ2) is 2.48. The third kappa shape index (κ3) is 0.955. The maximum atomic E-state index is 4.14. The molecule has 0 unspecified atom stereocenters. The van der Waals surface area contributed by atoms with Crippen molar-refractivity contribution in [3.05, 3.63) is 23.0 Å². The standard InChI is InChI=1S/C6H3N2S2/c1-2-9-8-6(1)5-3-7-10-4-5/h1-3H. The van der Waals surface area contributed by atoms with Gasteiger partial charge in [-0.25, -0.2) is 0 Å². The number of aromatic nitrogens is 2. The van der Waals surface area contributed by atoms with E-state index in [4.69, 9.17) is 0 Å². The van der Waals surface area contributed by atoms with Crippen molar-refractivity contribution < 1.29 is 0 Å². The van der Waals surface area contributed by atoms with Gasteiger partial charge in [0.15, 0.2) is 0 Å². The minimum absolute atomic E-state index is 0.971. The van der Waals surface area contributed by atoms with Crippen LogP contribution in [0.2, 0.25) is 0 Å². The van der Waals surface area contributed by atoms with Gasteiger partial charge in [0.2, 0.25) is 0 Å². The second-order valence-corrected chi connectivity index (χ2v) is 2.99. The largest absolute Gasteiger partial charge is 0.200 e. The molecule has 2 aromatic rings. The first-order valence-electron chi connectivity index (χ1n) is 2.70. The molecule has 4 heteroatoms. The van der Waals surface area contributed by atoms with Gasteiger partial charge in [0.25, 0.3) is 0 Å². The van der Waals surface area contributed by atoms with Crippen LogP contribution in [0.15, 0.2) is 17.6 Å². The summed E-state index contributed by atoms with van der Waals surface area (Å²) in [5, 5.41) is 4.96. The van der Waals surface area contributed by atoms with E-state index in [9.17, 15) is 0 Å². The summed E-state index contributed by atoms with van der Waals surface area (Å²) in [6, 6.07) is 1.96. The molecule has 1 radical (unpaired) electrons. The number of rotatable bonds is 1. The monoisotopic (exact) mass is 167 g/mol. The fourth-order valence-corrected chi connectivity index (χ4v) is 1.64. The zero-order chi connectivity index (χ0) is 6.81. The highest BCUT2D eigenvalue weighted by Gasteiger charge is 1.99. The lowest BCUT2D eigenvalue weighted by Crippen LogP contribution is -1.67. The molecule has 2 aromatic heterocycles. The van der Waals surface area contributed by atoms with Crippen LogP contribution in [-0.2, 0) is 0 Å². The number of hydrogen-bond acceptors (Lipinski definition) is 4. The average molecular weight is 167 g/mol. The predicted octanol–water partition coefficient (Wildman–Crippen LogP) is 2.07. The van der Waals surface area contributed by atoms with Crippen molar-refractivity contribution in [2.75, 3.05) is 0 Å². The molecule has 49 valence electrons. The molecule has 0 aliphatic carbocycles. The van der Waals surface area contributed by atoms with Gasteiger partial charge in [0, 0.05) is 10.9 Å². The maximum absolute atomic E-state index is 4.14. The highest BCUT2D eigenvalue weighted by Crippen LogP contribution is 2.17. The van der Waals surface area contributed by atoms with E-state index in [-0.39, 0.29) is 0 Å². The zero-order valence-electron chi connectivity index (χ0n) is 4.94. The molecule has 2 nitrogen and oxygen atoms in total. The van der Waals surface area contributed by atoms with Crippen molar-refractivity contribution in [2.45, 2.75) is 0 Å². The van der Waals surface area contributed by atoms with Crippen LogP contribution in [0, 0.1) is 5.38 Å². The van der Waals surface area contributed by atoms with E-state index in [1.807, 2.05) is 11.4 Å². The summed E-state index contributed by atoms with van der Waals surface area (Å²) in [6.07, 6.45) is 1.78. The molecule has 0 N–H and O–H groups in total. The van der Waals surface area contributed by atoms with Crippen LogP contribution in [0.4, 0.5) is 0 Å². The van der Waals surface area contributed by atoms with Crippen molar-refractivity contribution >= 4 is 23.1 Å². The number of nitrogens with zero attached hydrogens (tertiary/aromatic N) is 2. The Hall–Kier alpha value is -0.740. The van der Waals surface area contributed by atoms with Crippen LogP contribution in [0.5, 0.6) is 0 Å². The maximum Gasteiger partial charge on any atom is 0.0871 e. The SMILES string of the molecule is [c]1sncc1-c1ccsn1. The molecular weight excluding hydrogens is 164 g/mol. The molecule has 0 aliphatic heterocycles. The van der Waals surface area contributed by atoms with Gasteiger partial charge in [0.1, 0.15) is 0 Å². The molecule has 10 heavy (non-hydrogen) atoms. The number of hydrogen-bond donors (Lipinski definition) is 0. The van der Waals surface area contributed by atoms with Crippen molar-refractivity contribution in [1.82, 2.24) is 8.75 Å². The lowest BCUT2D eigenvalue weighted by molar-refractivity contribution is 1.50. The first-order valence-corrected chi connectivity index (χ1v) is 4.31. The van der Waals surface area contributed by atoms with Crippen molar-refractivity contribution in [3.8, 4) is 11.3 Å². The summed E-state index contributed by atoms with van der Waals surface area (Å²) in [4.78, 5) is 0. The Bertz CT molecular complexity index is 253. The lowest BCUT2D eigenvalue weighted by Gasteiger charge is -1.81. The second-order valence-electron chi connectivity index (χ2n) is 1.73. The van der Waals surface area contributed by atoms with Gasteiger partial charge in [-0.05, 0) is 29.1 Å². The van der Waals surface area contributed by atoms with Gasteiger partial charge in [-0.15, -0.1) is 0 Å². The molecule has 0 bridgehead atoms. The van der Waals surface area contributed by atoms with Crippen LogP contribution in [0.25, 0.3) is 11.3 Å². The van der Waals surface area contributed by atoms with E-state index in [0.29, 0.717) is 0 Å². The average Bonchev–Trinajstić information content (AvgIpc) is 2.59. The first kappa shape index (κ1) is 6.00. The van der Waals surface area contributed by atoms with Crippen LogP contribution in [0.1, 0.15) is 0 Å². The third-order valence-corrected chi connectivity index (χ3v) is 2.19. The predicted molar refractivity (Wildman–Crippen MR) is 42.1 cm³/mol. The van der Waals surface area contributed by atoms with Gasteiger partial charge >= 0.3 is 0 Å². The van der Waals surface area contributed by atoms with E-state index >= 15 is 0 Å². The molecule has 0 amide bonds. The Balaban J connectivity index is 2.48. The highest BCUT2D eigenvalue weighted by molar-refractivity contribution is 7.04. The topological polar surface area (TPSA) is 25.8 Å². The van der Waals surface area contributed by atoms with Gasteiger partial charge in [-0.3, -0.25) is 0 Å². The van der Waals surface area contributed by atoms with E-state index in [0.717, 1.165) is 11.3 Å². The minimum atomic E-state index is 0.971. The summed E-state index contributed by atoms with van der Waals surface area (Å²) in [7, 11) is 0. The molecule has 0 fully saturated rings. The van der Waals surface area contributed by atoms with Gasteiger partial charge in [-0.1, -0.05) is 0 Å². The zero-order valence-corrected chi connectivity index (χ0v) is 6.58. The molecule has 2 rings (SSSR count). The Morgan fingerprint density at radius 3 is 3.10 bits per heavy atom. The Kier molecular flexibility index (Phi) is 1.49. The molecule has 2 heterocycles. The van der Waals surface area contributed by atoms with Crippen LogP contribution < -0.4 is 0 Å². The summed E-state index contributed by atoms with van der Waals surface area (Å²) < 4.78 is 8.06. The van der Waals surface area contributed by atoms with Crippen molar-refractivity contribution in [3.63, 3.8) is 0 Å². The Morgan fingerprint density at radius 2 is 2.50 bits per heavy atom. The van der Waals surface area contributed by atoms with Crippen LogP contribution in [-0.4, -0.2) is 8.75 Å². The minimum Gasteiger partial charge on any atom is -0.200 e. The molecule has 0 spiro atoms. The molecular formula is C6H3N2S2. The first-order chi connectivity index (χ1) is 4.97. The molecule has 0 aliphatic rings. The van der Waals surface area contributed by atoms with Crippen LogP contribution >= 0.6 is 23.1 Å². The van der Waals surface area contributed by atoms with E-state index in [1.165, 1.54) is 23.1 Å². The lowest BCUT2D eigenvalue weighted by atomic mass is 10.3. The fourth-order valence-electron chi connectivity index (χ4n) is 0.651.